The van der Waals surface area contributed by atoms with Crippen LogP contribution in [0.1, 0.15) is 5.69 Å². The molecule has 1 N–H and O–H groups in total. The molecule has 80 valence electrons. The summed E-state index contributed by atoms with van der Waals surface area (Å²) in [6, 6.07) is 12.6. The highest BCUT2D eigenvalue weighted by Crippen LogP contribution is 2.25. The van der Waals surface area contributed by atoms with Crippen molar-refractivity contribution in [2.45, 2.75) is 6.92 Å². The molecule has 0 unspecified atom stereocenters. The van der Waals surface area contributed by atoms with Gasteiger partial charge in [0.2, 0.25) is 5.82 Å². The van der Waals surface area contributed by atoms with E-state index < -0.39 is 0 Å². The van der Waals surface area contributed by atoms with E-state index in [1.54, 1.807) is 12.1 Å². The quantitative estimate of drug-likeness (QED) is 0.776. The van der Waals surface area contributed by atoms with Crippen molar-refractivity contribution in [3.05, 3.63) is 48.2 Å². The summed E-state index contributed by atoms with van der Waals surface area (Å²) in [6.45, 7) is 1.83. The number of aromatic nitrogens is 1. The van der Waals surface area contributed by atoms with Gasteiger partial charge in [-0.3, -0.25) is 0 Å². The van der Waals surface area contributed by atoms with Crippen molar-refractivity contribution in [2.24, 2.45) is 10.2 Å². The van der Waals surface area contributed by atoms with Crippen LogP contribution in [-0.2, 0) is 0 Å². The Bertz CT molecular complexity index is 509. The van der Waals surface area contributed by atoms with Crippen LogP contribution in [0.5, 0.6) is 5.75 Å². The Labute approximate surface area is 93.3 Å². The number of pyridine rings is 1. The minimum Gasteiger partial charge on any atom is -0.504 e. The molecule has 0 fully saturated rings. The van der Waals surface area contributed by atoms with Crippen LogP contribution in [-0.4, -0.2) is 10.1 Å². The van der Waals surface area contributed by atoms with Crippen molar-refractivity contribution in [3.63, 3.8) is 0 Å². The fourth-order valence-corrected chi connectivity index (χ4v) is 1.21. The van der Waals surface area contributed by atoms with Crippen LogP contribution in [0.2, 0.25) is 0 Å². The molecule has 4 nitrogen and oxygen atoms in total. The first-order chi connectivity index (χ1) is 7.75. The number of hydrogen-bond acceptors (Lipinski definition) is 4. The zero-order valence-corrected chi connectivity index (χ0v) is 8.83. The zero-order valence-electron chi connectivity index (χ0n) is 8.83. The molecule has 0 radical (unpaired) electrons. The van der Waals surface area contributed by atoms with Gasteiger partial charge >= 0.3 is 0 Å². The van der Waals surface area contributed by atoms with Crippen LogP contribution in [0.3, 0.4) is 0 Å². The van der Waals surface area contributed by atoms with Crippen LogP contribution in [0.25, 0.3) is 0 Å². The first-order valence-corrected chi connectivity index (χ1v) is 4.89. The van der Waals surface area contributed by atoms with Crippen molar-refractivity contribution in [3.8, 4) is 5.75 Å². The molecule has 0 spiro atoms. The Kier molecular flexibility index (Phi) is 2.91. The third kappa shape index (κ3) is 2.42. The van der Waals surface area contributed by atoms with Gasteiger partial charge in [-0.15, -0.1) is 10.2 Å². The largest absolute Gasteiger partial charge is 0.504 e. The van der Waals surface area contributed by atoms with Crippen LogP contribution >= 0.6 is 0 Å². The molecule has 1 aromatic carbocycles. The van der Waals surface area contributed by atoms with Crippen molar-refractivity contribution in [1.29, 1.82) is 0 Å². The predicted molar refractivity (Wildman–Crippen MR) is 61.3 cm³/mol. The molecule has 0 atom stereocenters. The Balaban J connectivity index is 2.27. The molecule has 16 heavy (non-hydrogen) atoms. The lowest BCUT2D eigenvalue weighted by atomic mass is 10.3. The molecule has 0 aliphatic carbocycles. The summed E-state index contributed by atoms with van der Waals surface area (Å²) in [7, 11) is 0. The Morgan fingerprint density at radius 3 is 2.50 bits per heavy atom. The Morgan fingerprint density at radius 1 is 1.00 bits per heavy atom. The molecule has 1 aromatic heterocycles. The van der Waals surface area contributed by atoms with Crippen LogP contribution in [0.4, 0.5) is 11.5 Å². The smallest absolute Gasteiger partial charge is 0.216 e. The molecule has 0 bridgehead atoms. The third-order valence-corrected chi connectivity index (χ3v) is 2.01. The standard InChI is InChI=1S/C12H11N3O/c1-9-7-8-11(16)12(13-9)15-14-10-5-3-2-4-6-10/h2-8,16H,1H3/b15-14+. The summed E-state index contributed by atoms with van der Waals surface area (Å²) in [6.07, 6.45) is 0. The molecular formula is C12H11N3O. The van der Waals surface area contributed by atoms with E-state index in [9.17, 15) is 5.11 Å². The van der Waals surface area contributed by atoms with Crippen LogP contribution < -0.4 is 0 Å². The maximum Gasteiger partial charge on any atom is 0.216 e. The second kappa shape index (κ2) is 4.53. The van der Waals surface area contributed by atoms with Gasteiger partial charge in [0.25, 0.3) is 0 Å². The molecule has 0 aliphatic heterocycles. The van der Waals surface area contributed by atoms with Crippen LogP contribution in [0.15, 0.2) is 52.7 Å². The molecule has 2 rings (SSSR count). The van der Waals surface area contributed by atoms with Crippen molar-refractivity contribution < 1.29 is 5.11 Å². The summed E-state index contributed by atoms with van der Waals surface area (Å²) in [4.78, 5) is 4.08. The molecule has 1 heterocycles. The van der Waals surface area contributed by atoms with E-state index >= 15 is 0 Å². The number of rotatable bonds is 2. The number of azo groups is 1. The number of aromatic hydroxyl groups is 1. The zero-order chi connectivity index (χ0) is 11.4. The van der Waals surface area contributed by atoms with Gasteiger partial charge in [0.15, 0.2) is 5.75 Å². The topological polar surface area (TPSA) is 57.8 Å². The van der Waals surface area contributed by atoms with Gasteiger partial charge in [-0.05, 0) is 31.2 Å². The molecule has 0 aliphatic rings. The maximum absolute atomic E-state index is 9.50. The third-order valence-electron chi connectivity index (χ3n) is 2.01. The van der Waals surface area contributed by atoms with Gasteiger partial charge in [0.05, 0.1) is 5.69 Å². The molecule has 0 amide bonds. The van der Waals surface area contributed by atoms with Gasteiger partial charge in [-0.1, -0.05) is 18.2 Å². The normalized spacial score (nSPS) is 10.8. The highest BCUT2D eigenvalue weighted by molar-refractivity contribution is 5.45. The SMILES string of the molecule is Cc1ccc(O)c(/N=N/c2ccccc2)n1. The maximum atomic E-state index is 9.50. The molecule has 4 heteroatoms. The van der Waals surface area contributed by atoms with Gasteiger partial charge in [0.1, 0.15) is 0 Å². The molecule has 0 saturated heterocycles. The Morgan fingerprint density at radius 2 is 1.75 bits per heavy atom. The molecule has 2 aromatic rings. The second-order valence-corrected chi connectivity index (χ2v) is 3.33. The van der Waals surface area contributed by atoms with Gasteiger partial charge < -0.3 is 5.11 Å². The van der Waals surface area contributed by atoms with E-state index in [-0.39, 0.29) is 11.6 Å². The summed E-state index contributed by atoms with van der Waals surface area (Å²) in [5.74, 6) is 0.272. The highest BCUT2D eigenvalue weighted by Gasteiger charge is 2.00. The average molecular weight is 213 g/mol. The van der Waals surface area contributed by atoms with Gasteiger partial charge in [0, 0.05) is 5.69 Å². The average Bonchev–Trinajstić information content (AvgIpc) is 2.32. The minimum atomic E-state index is 0.0327. The van der Waals surface area contributed by atoms with Crippen molar-refractivity contribution in [2.75, 3.05) is 0 Å². The fourth-order valence-electron chi connectivity index (χ4n) is 1.21. The summed E-state index contributed by atoms with van der Waals surface area (Å²) in [5.41, 5.74) is 1.52. The molecule has 0 saturated carbocycles. The summed E-state index contributed by atoms with van der Waals surface area (Å²) in [5, 5.41) is 17.4. The first-order valence-electron chi connectivity index (χ1n) is 4.89. The summed E-state index contributed by atoms with van der Waals surface area (Å²) < 4.78 is 0. The van der Waals surface area contributed by atoms with Crippen molar-refractivity contribution >= 4 is 11.5 Å². The Hall–Kier alpha value is -2.23. The fraction of sp³-hybridized carbons (Fsp3) is 0.0833. The first kappa shape index (κ1) is 10.3. The second-order valence-electron chi connectivity index (χ2n) is 3.33. The van der Waals surface area contributed by atoms with E-state index in [0.717, 1.165) is 11.4 Å². The number of nitrogens with zero attached hydrogens (tertiary/aromatic N) is 3. The minimum absolute atomic E-state index is 0.0327. The van der Waals surface area contributed by atoms with Crippen molar-refractivity contribution in [1.82, 2.24) is 4.98 Å². The molecular weight excluding hydrogens is 202 g/mol. The highest BCUT2D eigenvalue weighted by atomic mass is 16.3. The summed E-state index contributed by atoms with van der Waals surface area (Å²) >= 11 is 0. The van der Waals surface area contributed by atoms with E-state index in [0.29, 0.717) is 0 Å². The predicted octanol–water partition coefficient (Wildman–Crippen LogP) is 3.51. The van der Waals surface area contributed by atoms with E-state index in [1.807, 2.05) is 37.3 Å². The lowest BCUT2D eigenvalue weighted by Crippen LogP contribution is -1.79. The van der Waals surface area contributed by atoms with E-state index in [1.165, 1.54) is 0 Å². The van der Waals surface area contributed by atoms with E-state index in [4.69, 9.17) is 0 Å². The van der Waals surface area contributed by atoms with Gasteiger partial charge in [-0.25, -0.2) is 4.98 Å². The number of hydrogen-bond donors (Lipinski definition) is 1. The number of benzene rings is 1. The van der Waals surface area contributed by atoms with Gasteiger partial charge in [-0.2, -0.15) is 0 Å². The lowest BCUT2D eigenvalue weighted by Gasteiger charge is -1.97. The van der Waals surface area contributed by atoms with E-state index in [2.05, 4.69) is 15.2 Å². The van der Waals surface area contributed by atoms with Crippen LogP contribution in [0, 0.1) is 6.92 Å². The lowest BCUT2D eigenvalue weighted by molar-refractivity contribution is 0.473. The number of aryl methyl sites for hydroxylation is 1. The monoisotopic (exact) mass is 213 g/mol.